The Kier molecular flexibility index (Phi) is 8.46. The van der Waals surface area contributed by atoms with Crippen molar-refractivity contribution >= 4 is 23.7 Å². The number of nitrogens with one attached hydrogen (secondary N) is 2. The zero-order valence-corrected chi connectivity index (χ0v) is 18.6. The van der Waals surface area contributed by atoms with E-state index in [1.807, 2.05) is 13.8 Å². The van der Waals surface area contributed by atoms with Crippen LogP contribution in [0.4, 0.5) is 4.79 Å². The lowest BCUT2D eigenvalue weighted by molar-refractivity contribution is -0.141. The fraction of sp³-hybridized carbons (Fsp3) is 0.737. The lowest BCUT2D eigenvalue weighted by Gasteiger charge is -2.31. The highest BCUT2D eigenvalue weighted by Gasteiger charge is 2.40. The van der Waals surface area contributed by atoms with Crippen LogP contribution in [0.3, 0.4) is 0 Å². The Hall–Kier alpha value is -3.05. The molecule has 0 spiro atoms. The summed E-state index contributed by atoms with van der Waals surface area (Å²) < 4.78 is 4.61. The van der Waals surface area contributed by atoms with Crippen molar-refractivity contribution in [2.75, 3.05) is 13.7 Å². The Morgan fingerprint density at radius 1 is 1.10 bits per heavy atom. The summed E-state index contributed by atoms with van der Waals surface area (Å²) in [6.07, 6.45) is 1.64. The molecule has 2 heterocycles. The lowest BCUT2D eigenvalue weighted by atomic mass is 9.98. The van der Waals surface area contributed by atoms with Crippen molar-refractivity contribution in [3.8, 4) is 0 Å². The van der Waals surface area contributed by atoms with E-state index in [4.69, 9.17) is 0 Å². The molecule has 1 aromatic heterocycles. The summed E-state index contributed by atoms with van der Waals surface area (Å²) in [4.78, 5) is 53.1. The second-order valence-corrected chi connectivity index (χ2v) is 8.21. The number of methoxy groups -OCH3 is 1. The largest absolute Gasteiger partial charge is 0.453 e. The number of ketones is 1. The van der Waals surface area contributed by atoms with Gasteiger partial charge in [0.15, 0.2) is 12.1 Å². The van der Waals surface area contributed by atoms with E-state index in [0.717, 1.165) is 4.80 Å². The molecule has 1 aliphatic heterocycles. The van der Waals surface area contributed by atoms with E-state index in [0.29, 0.717) is 19.4 Å². The van der Waals surface area contributed by atoms with Crippen molar-refractivity contribution in [3.63, 3.8) is 0 Å². The van der Waals surface area contributed by atoms with Gasteiger partial charge in [-0.15, -0.1) is 10.2 Å². The quantitative estimate of drug-likeness (QED) is 0.537. The molecule has 1 aliphatic rings. The number of nitrogens with zero attached hydrogens (tertiary/aromatic N) is 5. The first kappa shape index (κ1) is 24.2. The molecule has 0 aromatic carbocycles. The van der Waals surface area contributed by atoms with Crippen LogP contribution in [0.15, 0.2) is 6.33 Å². The standard InChI is InChI=1S/C19H31N7O5/c1-11(2)15(14(27)9-26-21-10-20-24-26)22-17(28)13-7-6-8-25(13)18(29)16(12(3)4)23-19(30)31-5/h10-13,15-16H,6-9H2,1-5H3,(H,22,28)(H,23,30)/t13-,15-,16-/m0/s1. The minimum Gasteiger partial charge on any atom is -0.453 e. The molecule has 0 bridgehead atoms. The SMILES string of the molecule is COC(=O)N[C@H](C(=O)N1CCC[C@H]1C(=O)N[C@H](C(=O)Cn1ncnn1)C(C)C)C(C)C. The Bertz CT molecular complexity index is 781. The molecule has 0 aliphatic carbocycles. The highest BCUT2D eigenvalue weighted by atomic mass is 16.5. The summed E-state index contributed by atoms with van der Waals surface area (Å²) in [5.41, 5.74) is 0. The second kappa shape index (κ2) is 10.8. The minimum atomic E-state index is -0.818. The van der Waals surface area contributed by atoms with Crippen LogP contribution >= 0.6 is 0 Å². The maximum absolute atomic E-state index is 13.1. The van der Waals surface area contributed by atoms with E-state index in [9.17, 15) is 19.2 Å². The minimum absolute atomic E-state index is 0.116. The third-order valence-electron chi connectivity index (χ3n) is 5.23. The van der Waals surface area contributed by atoms with Gasteiger partial charge in [0.1, 0.15) is 18.6 Å². The highest BCUT2D eigenvalue weighted by molar-refractivity contribution is 5.94. The molecule has 0 saturated carbocycles. The summed E-state index contributed by atoms with van der Waals surface area (Å²) in [6.45, 7) is 7.53. The Morgan fingerprint density at radius 2 is 1.77 bits per heavy atom. The highest BCUT2D eigenvalue weighted by Crippen LogP contribution is 2.21. The number of carbonyl (C=O) groups is 4. The van der Waals surface area contributed by atoms with Crippen LogP contribution in [0.5, 0.6) is 0 Å². The van der Waals surface area contributed by atoms with E-state index in [2.05, 4.69) is 30.8 Å². The van der Waals surface area contributed by atoms with Gasteiger partial charge in [-0.25, -0.2) is 4.79 Å². The molecule has 3 amide bonds. The number of rotatable bonds is 9. The third kappa shape index (κ3) is 6.22. The topological polar surface area (TPSA) is 148 Å². The van der Waals surface area contributed by atoms with Crippen LogP contribution in [-0.2, 0) is 25.7 Å². The van der Waals surface area contributed by atoms with E-state index in [1.165, 1.54) is 18.3 Å². The molecule has 1 saturated heterocycles. The van der Waals surface area contributed by atoms with E-state index < -0.39 is 30.1 Å². The molecule has 12 heteroatoms. The van der Waals surface area contributed by atoms with Crippen LogP contribution in [0.25, 0.3) is 0 Å². The number of aromatic nitrogens is 4. The van der Waals surface area contributed by atoms with E-state index in [1.54, 1.807) is 13.8 Å². The number of amides is 3. The molecule has 12 nitrogen and oxygen atoms in total. The van der Waals surface area contributed by atoms with Crippen molar-refractivity contribution in [1.29, 1.82) is 0 Å². The Morgan fingerprint density at radius 3 is 2.32 bits per heavy atom. The number of hydrogen-bond donors (Lipinski definition) is 2. The molecule has 2 rings (SSSR count). The second-order valence-electron chi connectivity index (χ2n) is 8.21. The Balaban J connectivity index is 2.10. The molecule has 0 radical (unpaired) electrons. The van der Waals surface area contributed by atoms with Crippen LogP contribution in [-0.4, -0.2) is 80.6 Å². The molecule has 1 fully saturated rings. The van der Waals surface area contributed by atoms with Gasteiger partial charge < -0.3 is 20.3 Å². The molecule has 172 valence electrons. The number of hydrogen-bond acceptors (Lipinski definition) is 8. The molecular formula is C19H31N7O5. The van der Waals surface area contributed by atoms with E-state index >= 15 is 0 Å². The third-order valence-corrected chi connectivity index (χ3v) is 5.23. The molecule has 1 aromatic rings. The lowest BCUT2D eigenvalue weighted by Crippen LogP contribution is -2.57. The van der Waals surface area contributed by atoms with Crippen LogP contribution < -0.4 is 10.6 Å². The van der Waals surface area contributed by atoms with Gasteiger partial charge >= 0.3 is 6.09 Å². The van der Waals surface area contributed by atoms with Crippen molar-refractivity contribution in [2.45, 2.75) is 65.2 Å². The Labute approximate surface area is 181 Å². The van der Waals surface area contributed by atoms with Gasteiger partial charge in [-0.2, -0.15) is 4.80 Å². The van der Waals surface area contributed by atoms with Gasteiger partial charge in [0.25, 0.3) is 0 Å². The van der Waals surface area contributed by atoms with Gasteiger partial charge in [0.2, 0.25) is 11.8 Å². The number of ether oxygens (including phenoxy) is 1. The normalized spacial score (nSPS) is 18.0. The first-order chi connectivity index (χ1) is 14.6. The predicted octanol–water partition coefficient (Wildman–Crippen LogP) is -0.245. The molecule has 3 atom stereocenters. The van der Waals surface area contributed by atoms with E-state index in [-0.39, 0.29) is 30.1 Å². The van der Waals surface area contributed by atoms with Crippen LogP contribution in [0.2, 0.25) is 0 Å². The van der Waals surface area contributed by atoms with Crippen molar-refractivity contribution in [3.05, 3.63) is 6.33 Å². The molecule has 2 N–H and O–H groups in total. The fourth-order valence-electron chi connectivity index (χ4n) is 3.55. The van der Waals surface area contributed by atoms with Crippen molar-refractivity contribution < 1.29 is 23.9 Å². The number of likely N-dealkylation sites (tertiary alicyclic amines) is 1. The number of carbonyl (C=O) groups excluding carboxylic acids is 4. The summed E-state index contributed by atoms with van der Waals surface area (Å²) in [5.74, 6) is -1.38. The molecule has 0 unspecified atom stereocenters. The zero-order chi connectivity index (χ0) is 23.1. The summed E-state index contributed by atoms with van der Waals surface area (Å²) in [6, 6.07) is -2.29. The smallest absolute Gasteiger partial charge is 0.407 e. The van der Waals surface area contributed by atoms with Gasteiger partial charge in [0.05, 0.1) is 13.2 Å². The predicted molar refractivity (Wildman–Crippen MR) is 108 cm³/mol. The van der Waals surface area contributed by atoms with Crippen LogP contribution in [0, 0.1) is 11.8 Å². The fourth-order valence-corrected chi connectivity index (χ4v) is 3.55. The summed E-state index contributed by atoms with van der Waals surface area (Å²) in [7, 11) is 1.22. The van der Waals surface area contributed by atoms with Gasteiger partial charge in [0, 0.05) is 6.54 Å². The molecule has 31 heavy (non-hydrogen) atoms. The number of Topliss-reactive ketones (excluding diaryl/α,β-unsaturated/α-hetero) is 1. The van der Waals surface area contributed by atoms with Gasteiger partial charge in [-0.3, -0.25) is 14.4 Å². The zero-order valence-electron chi connectivity index (χ0n) is 18.6. The maximum Gasteiger partial charge on any atom is 0.407 e. The van der Waals surface area contributed by atoms with Crippen molar-refractivity contribution in [1.82, 2.24) is 35.7 Å². The summed E-state index contributed by atoms with van der Waals surface area (Å²) in [5, 5.41) is 16.4. The van der Waals surface area contributed by atoms with Crippen molar-refractivity contribution in [2.24, 2.45) is 11.8 Å². The number of tetrazole rings is 1. The average molecular weight is 438 g/mol. The first-order valence-corrected chi connectivity index (χ1v) is 10.3. The average Bonchev–Trinajstić information content (AvgIpc) is 3.40. The van der Waals surface area contributed by atoms with Gasteiger partial charge in [-0.05, 0) is 29.9 Å². The maximum atomic E-state index is 13.1. The first-order valence-electron chi connectivity index (χ1n) is 10.3. The van der Waals surface area contributed by atoms with Crippen LogP contribution in [0.1, 0.15) is 40.5 Å². The monoisotopic (exact) mass is 437 g/mol. The number of alkyl carbamates (subject to hydrolysis) is 1. The molecular weight excluding hydrogens is 406 g/mol. The summed E-state index contributed by atoms with van der Waals surface area (Å²) >= 11 is 0. The van der Waals surface area contributed by atoms with Gasteiger partial charge in [-0.1, -0.05) is 27.7 Å².